The van der Waals surface area contributed by atoms with Crippen molar-refractivity contribution in [3.05, 3.63) is 70.3 Å². The quantitative estimate of drug-likeness (QED) is 0.872. The molecule has 0 aliphatic heterocycles. The Hall–Kier alpha value is -1.65. The summed E-state index contributed by atoms with van der Waals surface area (Å²) >= 11 is 0. The third-order valence-corrected chi connectivity index (χ3v) is 5.54. The SMILES string of the molecule is C[C@@H](NCc1ccc(CS(C)(=O)=O)cc1)c1ccc2c(c1)CCC2. The summed E-state index contributed by atoms with van der Waals surface area (Å²) in [6, 6.07) is 15.0. The average Bonchev–Trinajstić information content (AvgIpc) is 3.00. The van der Waals surface area contributed by atoms with Crippen LogP contribution in [0.25, 0.3) is 0 Å². The molecule has 1 aliphatic carbocycles. The lowest BCUT2D eigenvalue weighted by Gasteiger charge is -2.16. The molecule has 128 valence electrons. The second-order valence-corrected chi connectivity index (χ2v) is 9.01. The van der Waals surface area contributed by atoms with Crippen LogP contribution in [0.15, 0.2) is 42.5 Å². The Morgan fingerprint density at radius 2 is 1.67 bits per heavy atom. The summed E-state index contributed by atoms with van der Waals surface area (Å²) < 4.78 is 22.7. The summed E-state index contributed by atoms with van der Waals surface area (Å²) in [6.07, 6.45) is 4.97. The van der Waals surface area contributed by atoms with Gasteiger partial charge in [-0.15, -0.1) is 0 Å². The summed E-state index contributed by atoms with van der Waals surface area (Å²) in [5.41, 5.74) is 6.36. The summed E-state index contributed by atoms with van der Waals surface area (Å²) in [4.78, 5) is 0. The van der Waals surface area contributed by atoms with Crippen molar-refractivity contribution in [3.8, 4) is 0 Å². The first-order chi connectivity index (χ1) is 11.4. The summed E-state index contributed by atoms with van der Waals surface area (Å²) in [5, 5.41) is 3.56. The van der Waals surface area contributed by atoms with Gasteiger partial charge in [0, 0.05) is 18.8 Å². The summed E-state index contributed by atoms with van der Waals surface area (Å²) in [6.45, 7) is 2.96. The summed E-state index contributed by atoms with van der Waals surface area (Å²) in [7, 11) is -2.97. The maximum atomic E-state index is 11.3. The molecule has 3 rings (SSSR count). The lowest BCUT2D eigenvalue weighted by atomic mass is 10.0. The zero-order chi connectivity index (χ0) is 17.2. The van der Waals surface area contributed by atoms with Crippen LogP contribution < -0.4 is 5.32 Å². The van der Waals surface area contributed by atoms with Gasteiger partial charge in [0.25, 0.3) is 0 Å². The van der Waals surface area contributed by atoms with Gasteiger partial charge in [-0.25, -0.2) is 8.42 Å². The van der Waals surface area contributed by atoms with Crippen LogP contribution in [0.4, 0.5) is 0 Å². The lowest BCUT2D eigenvalue weighted by molar-refractivity contribution is 0.574. The molecule has 4 heteroatoms. The Kier molecular flexibility index (Phi) is 5.07. The van der Waals surface area contributed by atoms with E-state index < -0.39 is 9.84 Å². The van der Waals surface area contributed by atoms with E-state index in [-0.39, 0.29) is 5.75 Å². The normalized spacial score (nSPS) is 15.2. The van der Waals surface area contributed by atoms with Crippen LogP contribution in [0.1, 0.15) is 47.2 Å². The van der Waals surface area contributed by atoms with E-state index in [1.807, 2.05) is 24.3 Å². The van der Waals surface area contributed by atoms with Gasteiger partial charge in [-0.1, -0.05) is 42.5 Å². The number of nitrogens with one attached hydrogen (secondary N) is 1. The van der Waals surface area contributed by atoms with Crippen molar-refractivity contribution in [1.29, 1.82) is 0 Å². The zero-order valence-corrected chi connectivity index (χ0v) is 15.2. The maximum Gasteiger partial charge on any atom is 0.151 e. The first kappa shape index (κ1) is 17.2. The Labute approximate surface area is 145 Å². The molecule has 0 amide bonds. The van der Waals surface area contributed by atoms with E-state index in [2.05, 4.69) is 30.4 Å². The van der Waals surface area contributed by atoms with E-state index in [0.29, 0.717) is 6.04 Å². The Balaban J connectivity index is 1.59. The van der Waals surface area contributed by atoms with Gasteiger partial charge in [0.2, 0.25) is 0 Å². The molecular formula is C20H25NO2S. The van der Waals surface area contributed by atoms with Gasteiger partial charge in [0.05, 0.1) is 5.75 Å². The molecule has 0 unspecified atom stereocenters. The minimum absolute atomic E-state index is 0.103. The molecule has 0 saturated heterocycles. The van der Waals surface area contributed by atoms with E-state index in [1.165, 1.54) is 47.8 Å². The van der Waals surface area contributed by atoms with Crippen LogP contribution in [0.5, 0.6) is 0 Å². The van der Waals surface area contributed by atoms with Gasteiger partial charge in [-0.2, -0.15) is 0 Å². The highest BCUT2D eigenvalue weighted by atomic mass is 32.2. The van der Waals surface area contributed by atoms with Gasteiger partial charge in [-0.05, 0) is 54.0 Å². The molecule has 0 fully saturated rings. The van der Waals surface area contributed by atoms with Gasteiger partial charge >= 0.3 is 0 Å². The van der Waals surface area contributed by atoms with Gasteiger partial charge in [0.15, 0.2) is 9.84 Å². The minimum Gasteiger partial charge on any atom is -0.306 e. The average molecular weight is 343 g/mol. The van der Waals surface area contributed by atoms with Crippen molar-refractivity contribution >= 4 is 9.84 Å². The highest BCUT2D eigenvalue weighted by Gasteiger charge is 2.13. The van der Waals surface area contributed by atoms with E-state index in [0.717, 1.165) is 12.1 Å². The third-order valence-electron chi connectivity index (χ3n) is 4.69. The predicted octanol–water partition coefficient (Wildman–Crippen LogP) is 3.57. The van der Waals surface area contributed by atoms with E-state index >= 15 is 0 Å². The molecule has 24 heavy (non-hydrogen) atoms. The Morgan fingerprint density at radius 1 is 1.00 bits per heavy atom. The van der Waals surface area contributed by atoms with Crippen LogP contribution in [-0.4, -0.2) is 14.7 Å². The number of sulfone groups is 1. The van der Waals surface area contributed by atoms with Crippen molar-refractivity contribution in [2.75, 3.05) is 6.26 Å². The number of aryl methyl sites for hydroxylation is 2. The molecule has 3 nitrogen and oxygen atoms in total. The van der Waals surface area contributed by atoms with Crippen molar-refractivity contribution in [2.45, 2.75) is 44.5 Å². The van der Waals surface area contributed by atoms with Crippen molar-refractivity contribution in [1.82, 2.24) is 5.32 Å². The van der Waals surface area contributed by atoms with Crippen molar-refractivity contribution in [2.24, 2.45) is 0 Å². The molecule has 0 saturated carbocycles. The largest absolute Gasteiger partial charge is 0.306 e. The van der Waals surface area contributed by atoms with E-state index in [4.69, 9.17) is 0 Å². The highest BCUT2D eigenvalue weighted by molar-refractivity contribution is 7.89. The molecular weight excluding hydrogens is 318 g/mol. The number of fused-ring (bicyclic) bond motifs is 1. The number of benzene rings is 2. The molecule has 0 radical (unpaired) electrons. The molecule has 0 heterocycles. The fourth-order valence-electron chi connectivity index (χ4n) is 3.31. The fourth-order valence-corrected chi connectivity index (χ4v) is 4.10. The molecule has 0 aromatic heterocycles. The van der Waals surface area contributed by atoms with Crippen molar-refractivity contribution in [3.63, 3.8) is 0 Å². The number of hydrogen-bond acceptors (Lipinski definition) is 3. The van der Waals surface area contributed by atoms with Crippen molar-refractivity contribution < 1.29 is 8.42 Å². The molecule has 0 bridgehead atoms. The van der Waals surface area contributed by atoms with Crippen LogP contribution in [0.2, 0.25) is 0 Å². The predicted molar refractivity (Wildman–Crippen MR) is 98.7 cm³/mol. The van der Waals surface area contributed by atoms with Crippen LogP contribution in [0.3, 0.4) is 0 Å². The second-order valence-electron chi connectivity index (χ2n) is 6.87. The number of hydrogen-bond donors (Lipinski definition) is 1. The zero-order valence-electron chi connectivity index (χ0n) is 14.4. The maximum absolute atomic E-state index is 11.3. The smallest absolute Gasteiger partial charge is 0.151 e. The van der Waals surface area contributed by atoms with E-state index in [9.17, 15) is 8.42 Å². The topological polar surface area (TPSA) is 46.2 Å². The molecule has 1 atom stereocenters. The molecule has 0 spiro atoms. The minimum atomic E-state index is -2.97. The van der Waals surface area contributed by atoms with Gasteiger partial charge in [-0.3, -0.25) is 0 Å². The first-order valence-corrected chi connectivity index (χ1v) is 10.6. The first-order valence-electron chi connectivity index (χ1n) is 8.51. The fraction of sp³-hybridized carbons (Fsp3) is 0.400. The van der Waals surface area contributed by atoms with Gasteiger partial charge in [0.1, 0.15) is 0 Å². The molecule has 2 aromatic carbocycles. The third kappa shape index (κ3) is 4.46. The molecule has 1 aliphatic rings. The second kappa shape index (κ2) is 7.08. The Morgan fingerprint density at radius 3 is 2.38 bits per heavy atom. The van der Waals surface area contributed by atoms with Gasteiger partial charge < -0.3 is 5.32 Å². The monoisotopic (exact) mass is 343 g/mol. The Bertz CT molecular complexity index is 810. The van der Waals surface area contributed by atoms with Crippen LogP contribution in [0, 0.1) is 0 Å². The summed E-state index contributed by atoms with van der Waals surface area (Å²) in [5.74, 6) is 0.103. The standard InChI is InChI=1S/C20H25NO2S/c1-15(19-11-10-18-4-3-5-20(18)12-19)21-13-16-6-8-17(9-7-16)14-24(2,22)23/h6-12,15,21H,3-5,13-14H2,1-2H3/t15-/m1/s1. The van der Waals surface area contributed by atoms with Crippen LogP contribution >= 0.6 is 0 Å². The van der Waals surface area contributed by atoms with E-state index in [1.54, 1.807) is 0 Å². The lowest BCUT2D eigenvalue weighted by Crippen LogP contribution is -2.18. The number of rotatable bonds is 6. The highest BCUT2D eigenvalue weighted by Crippen LogP contribution is 2.25. The molecule has 1 N–H and O–H groups in total. The molecule has 2 aromatic rings. The van der Waals surface area contributed by atoms with Crippen LogP contribution in [-0.2, 0) is 35.0 Å².